The lowest BCUT2D eigenvalue weighted by atomic mass is 10.3. The summed E-state index contributed by atoms with van der Waals surface area (Å²) in [5.74, 6) is 1.01. The fraction of sp³-hybridized carbons (Fsp3) is 0.214. The minimum Gasteiger partial charge on any atom is -0.490 e. The first-order valence-corrected chi connectivity index (χ1v) is 7.96. The van der Waals surface area contributed by atoms with E-state index in [-0.39, 0.29) is 4.90 Å². The van der Waals surface area contributed by atoms with Gasteiger partial charge in [0.05, 0.1) is 23.8 Å². The summed E-state index contributed by atoms with van der Waals surface area (Å²) in [6.45, 7) is 1.07. The van der Waals surface area contributed by atoms with E-state index >= 15 is 0 Å². The molecule has 3 rings (SSSR count). The molecule has 0 fully saturated rings. The van der Waals surface area contributed by atoms with Gasteiger partial charge in [0, 0.05) is 24.9 Å². The Morgan fingerprint density at radius 1 is 1.00 bits per heavy atom. The van der Waals surface area contributed by atoms with E-state index in [1.807, 2.05) is 0 Å². The number of nitrogens with zero attached hydrogens (tertiary/aromatic N) is 1. The molecule has 2 aromatic rings. The number of pyridine rings is 1. The van der Waals surface area contributed by atoms with Gasteiger partial charge in [-0.25, -0.2) is 8.42 Å². The maximum atomic E-state index is 12.3. The number of nitrogens with one attached hydrogen (secondary N) is 1. The molecule has 1 aliphatic rings. The van der Waals surface area contributed by atoms with Crippen LogP contribution in [0.2, 0.25) is 0 Å². The van der Waals surface area contributed by atoms with Gasteiger partial charge < -0.3 is 9.47 Å². The molecule has 0 spiro atoms. The minimum atomic E-state index is -3.67. The van der Waals surface area contributed by atoms with E-state index in [4.69, 9.17) is 9.47 Å². The summed E-state index contributed by atoms with van der Waals surface area (Å²) in [7, 11) is -3.67. The van der Waals surface area contributed by atoms with Crippen LogP contribution in [0.4, 0.5) is 5.69 Å². The third kappa shape index (κ3) is 3.08. The van der Waals surface area contributed by atoms with E-state index in [2.05, 4.69) is 9.71 Å². The Balaban J connectivity index is 1.90. The second kappa shape index (κ2) is 5.61. The number of ether oxygens (including phenoxy) is 2. The highest BCUT2D eigenvalue weighted by molar-refractivity contribution is 7.92. The molecule has 0 amide bonds. The molecule has 1 aliphatic heterocycles. The van der Waals surface area contributed by atoms with Crippen molar-refractivity contribution in [2.24, 2.45) is 0 Å². The number of fused-ring (bicyclic) bond motifs is 1. The lowest BCUT2D eigenvalue weighted by Gasteiger charge is -2.11. The number of rotatable bonds is 3. The fourth-order valence-electron chi connectivity index (χ4n) is 1.94. The first-order valence-electron chi connectivity index (χ1n) is 6.48. The van der Waals surface area contributed by atoms with Gasteiger partial charge in [0.15, 0.2) is 11.5 Å². The topological polar surface area (TPSA) is 77.5 Å². The standard InChI is InChI=1S/C14H14N2O4S/c17-21(18,16-11-4-6-15-7-5-11)12-2-3-13-14(10-12)20-9-1-8-19-13/h2-7,10H,1,8-9H2,(H,15,16). The lowest BCUT2D eigenvalue weighted by molar-refractivity contribution is 0.297. The summed E-state index contributed by atoms with van der Waals surface area (Å²) in [6.07, 6.45) is 3.81. The summed E-state index contributed by atoms with van der Waals surface area (Å²) >= 11 is 0. The molecule has 0 aliphatic carbocycles. The number of hydrogen-bond donors (Lipinski definition) is 1. The highest BCUT2D eigenvalue weighted by Gasteiger charge is 2.18. The molecule has 0 saturated carbocycles. The Labute approximate surface area is 122 Å². The molecule has 21 heavy (non-hydrogen) atoms. The van der Waals surface area contributed by atoms with Gasteiger partial charge in [0.1, 0.15) is 0 Å². The molecule has 7 heteroatoms. The van der Waals surface area contributed by atoms with Crippen molar-refractivity contribution >= 4 is 15.7 Å². The summed E-state index contributed by atoms with van der Waals surface area (Å²) in [5.41, 5.74) is 0.456. The van der Waals surface area contributed by atoms with Crippen LogP contribution in [0.1, 0.15) is 6.42 Å². The van der Waals surface area contributed by atoms with Crippen LogP contribution in [0.5, 0.6) is 11.5 Å². The molecule has 0 unspecified atom stereocenters. The lowest BCUT2D eigenvalue weighted by Crippen LogP contribution is -2.13. The van der Waals surface area contributed by atoms with Crippen LogP contribution in [-0.2, 0) is 10.0 Å². The average molecular weight is 306 g/mol. The van der Waals surface area contributed by atoms with Crippen molar-refractivity contribution < 1.29 is 17.9 Å². The number of hydrogen-bond acceptors (Lipinski definition) is 5. The third-order valence-corrected chi connectivity index (χ3v) is 4.34. The number of sulfonamides is 1. The minimum absolute atomic E-state index is 0.128. The number of benzene rings is 1. The molecular weight excluding hydrogens is 292 g/mol. The zero-order valence-electron chi connectivity index (χ0n) is 11.2. The van der Waals surface area contributed by atoms with Crippen molar-refractivity contribution in [3.8, 4) is 11.5 Å². The SMILES string of the molecule is O=S(=O)(Nc1ccncc1)c1ccc2c(c1)OCCCO2. The average Bonchev–Trinajstić information content (AvgIpc) is 2.72. The monoisotopic (exact) mass is 306 g/mol. The summed E-state index contributed by atoms with van der Waals surface area (Å²) in [5, 5.41) is 0. The van der Waals surface area contributed by atoms with Gasteiger partial charge in [0.25, 0.3) is 10.0 Å². The van der Waals surface area contributed by atoms with Gasteiger partial charge in [-0.15, -0.1) is 0 Å². The highest BCUT2D eigenvalue weighted by atomic mass is 32.2. The Bertz CT molecular complexity index is 732. The second-order valence-electron chi connectivity index (χ2n) is 4.50. The van der Waals surface area contributed by atoms with Crippen molar-refractivity contribution in [1.82, 2.24) is 4.98 Å². The van der Waals surface area contributed by atoms with Crippen molar-refractivity contribution in [2.75, 3.05) is 17.9 Å². The summed E-state index contributed by atoms with van der Waals surface area (Å²) in [4.78, 5) is 3.97. The fourth-order valence-corrected chi connectivity index (χ4v) is 3.02. The molecule has 0 bridgehead atoms. The van der Waals surface area contributed by atoms with E-state index in [0.29, 0.717) is 30.4 Å². The maximum absolute atomic E-state index is 12.3. The highest BCUT2D eigenvalue weighted by Crippen LogP contribution is 2.32. The maximum Gasteiger partial charge on any atom is 0.262 e. The molecule has 1 aromatic heterocycles. The van der Waals surface area contributed by atoms with Crippen molar-refractivity contribution in [1.29, 1.82) is 0 Å². The second-order valence-corrected chi connectivity index (χ2v) is 6.18. The quantitative estimate of drug-likeness (QED) is 0.939. The van der Waals surface area contributed by atoms with Gasteiger partial charge in [0.2, 0.25) is 0 Å². The zero-order chi connectivity index (χ0) is 14.7. The predicted octanol–water partition coefficient (Wildman–Crippen LogP) is 2.04. The summed E-state index contributed by atoms with van der Waals surface area (Å²) < 4.78 is 38.2. The van der Waals surface area contributed by atoms with Crippen LogP contribution in [0, 0.1) is 0 Å². The largest absolute Gasteiger partial charge is 0.490 e. The van der Waals surface area contributed by atoms with E-state index in [0.717, 1.165) is 6.42 Å². The molecule has 0 radical (unpaired) electrons. The molecule has 1 N–H and O–H groups in total. The van der Waals surface area contributed by atoms with E-state index in [9.17, 15) is 8.42 Å². The van der Waals surface area contributed by atoms with E-state index in [1.54, 1.807) is 18.2 Å². The Kier molecular flexibility index (Phi) is 3.66. The van der Waals surface area contributed by atoms with Crippen molar-refractivity contribution in [2.45, 2.75) is 11.3 Å². The Morgan fingerprint density at radius 2 is 1.71 bits per heavy atom. The van der Waals surface area contributed by atoms with Crippen molar-refractivity contribution in [3.05, 3.63) is 42.7 Å². The van der Waals surface area contributed by atoms with Gasteiger partial charge in [-0.05, 0) is 24.3 Å². The Morgan fingerprint density at radius 3 is 2.48 bits per heavy atom. The molecule has 110 valence electrons. The number of anilines is 1. The Hall–Kier alpha value is -2.28. The predicted molar refractivity (Wildman–Crippen MR) is 77.1 cm³/mol. The molecule has 1 aromatic carbocycles. The smallest absolute Gasteiger partial charge is 0.262 e. The molecule has 6 nitrogen and oxygen atoms in total. The molecule has 0 atom stereocenters. The zero-order valence-corrected chi connectivity index (χ0v) is 12.0. The van der Waals surface area contributed by atoms with Crippen LogP contribution >= 0.6 is 0 Å². The van der Waals surface area contributed by atoms with Gasteiger partial charge in [-0.2, -0.15) is 0 Å². The first-order chi connectivity index (χ1) is 10.1. The number of aromatic nitrogens is 1. The van der Waals surface area contributed by atoms with Gasteiger partial charge >= 0.3 is 0 Å². The molecule has 0 saturated heterocycles. The van der Waals surface area contributed by atoms with Crippen molar-refractivity contribution in [3.63, 3.8) is 0 Å². The van der Waals surface area contributed by atoms with Crippen LogP contribution in [0.3, 0.4) is 0 Å². The summed E-state index contributed by atoms with van der Waals surface area (Å²) in [6, 6.07) is 7.75. The molecule has 2 heterocycles. The molecular formula is C14H14N2O4S. The third-order valence-electron chi connectivity index (χ3n) is 2.96. The van der Waals surface area contributed by atoms with Gasteiger partial charge in [-0.3, -0.25) is 9.71 Å². The van der Waals surface area contributed by atoms with Crippen LogP contribution in [0.25, 0.3) is 0 Å². The van der Waals surface area contributed by atoms with Gasteiger partial charge in [-0.1, -0.05) is 0 Å². The van der Waals surface area contributed by atoms with Crippen LogP contribution < -0.4 is 14.2 Å². The van der Waals surface area contributed by atoms with Crippen LogP contribution in [0.15, 0.2) is 47.6 Å². The normalized spacial score (nSPS) is 14.3. The van der Waals surface area contributed by atoms with E-state index < -0.39 is 10.0 Å². The van der Waals surface area contributed by atoms with E-state index in [1.165, 1.54) is 24.5 Å². The van der Waals surface area contributed by atoms with Crippen LogP contribution in [-0.4, -0.2) is 26.6 Å². The first kappa shape index (κ1) is 13.7.